The van der Waals surface area contributed by atoms with Gasteiger partial charge in [-0.1, -0.05) is 24.3 Å². The first kappa shape index (κ1) is 22.9. The maximum absolute atomic E-state index is 13.4. The Morgan fingerprint density at radius 3 is 2.00 bits per heavy atom. The summed E-state index contributed by atoms with van der Waals surface area (Å²) in [5.41, 5.74) is 5.80. The Hall–Kier alpha value is -2.78. The Morgan fingerprint density at radius 2 is 1.52 bits per heavy atom. The van der Waals surface area contributed by atoms with Crippen LogP contribution >= 0.6 is 0 Å². The minimum absolute atomic E-state index is 0.114. The molecule has 0 saturated carbocycles. The molecule has 9 heteroatoms. The standard InChI is InChI=1S/C22H25BF2N2O4/c1-21(2)22(3,4)31-23(30-21)15-7-5-13(6-8-15)9-18(19(26)28)27-20(29)14-10-16(24)12-17(25)11-14/h5-8,10-12,18H,9H2,1-4H3,(H2,26,28)(H,27,29)/t18-/m1/s1. The first-order valence-corrected chi connectivity index (χ1v) is 9.89. The molecule has 3 N–H and O–H groups in total. The highest BCUT2D eigenvalue weighted by molar-refractivity contribution is 6.62. The van der Waals surface area contributed by atoms with Crippen molar-refractivity contribution >= 4 is 24.4 Å². The summed E-state index contributed by atoms with van der Waals surface area (Å²) < 4.78 is 38.8. The first-order chi connectivity index (χ1) is 14.4. The Morgan fingerprint density at radius 1 is 1.00 bits per heavy atom. The zero-order chi connectivity index (χ0) is 23.0. The summed E-state index contributed by atoms with van der Waals surface area (Å²) in [6.07, 6.45) is 0.114. The van der Waals surface area contributed by atoms with Gasteiger partial charge in [0, 0.05) is 18.1 Å². The second-order valence-electron chi connectivity index (χ2n) is 8.62. The number of benzene rings is 2. The molecular weight excluding hydrogens is 405 g/mol. The summed E-state index contributed by atoms with van der Waals surface area (Å²) in [7, 11) is -0.520. The first-order valence-electron chi connectivity index (χ1n) is 9.89. The van der Waals surface area contributed by atoms with Crippen LogP contribution in [0.3, 0.4) is 0 Å². The number of carbonyl (C=O) groups is 2. The molecule has 0 unspecified atom stereocenters. The van der Waals surface area contributed by atoms with Crippen molar-refractivity contribution in [1.82, 2.24) is 5.32 Å². The lowest BCUT2D eigenvalue weighted by Gasteiger charge is -2.32. The highest BCUT2D eigenvalue weighted by Crippen LogP contribution is 2.36. The lowest BCUT2D eigenvalue weighted by atomic mass is 9.78. The molecule has 1 aliphatic heterocycles. The molecule has 2 aromatic carbocycles. The smallest absolute Gasteiger partial charge is 0.399 e. The molecule has 1 aliphatic rings. The zero-order valence-corrected chi connectivity index (χ0v) is 17.9. The summed E-state index contributed by atoms with van der Waals surface area (Å²) in [5.74, 6) is -3.34. The maximum atomic E-state index is 13.4. The highest BCUT2D eigenvalue weighted by atomic mass is 19.1. The quantitative estimate of drug-likeness (QED) is 0.687. The van der Waals surface area contributed by atoms with Crippen molar-refractivity contribution in [3.05, 3.63) is 65.2 Å². The molecule has 0 bridgehead atoms. The van der Waals surface area contributed by atoms with Gasteiger partial charge >= 0.3 is 7.12 Å². The predicted molar refractivity (Wildman–Crippen MR) is 113 cm³/mol. The van der Waals surface area contributed by atoms with E-state index < -0.39 is 47.8 Å². The average Bonchev–Trinajstić information content (AvgIpc) is 2.88. The van der Waals surface area contributed by atoms with E-state index in [2.05, 4.69) is 5.32 Å². The van der Waals surface area contributed by atoms with Crippen molar-refractivity contribution in [3.63, 3.8) is 0 Å². The SMILES string of the molecule is CC1(C)OB(c2ccc(C[C@@H](NC(=O)c3cc(F)cc(F)c3)C(N)=O)cc2)OC1(C)C. The van der Waals surface area contributed by atoms with Gasteiger partial charge in [-0.25, -0.2) is 8.78 Å². The topological polar surface area (TPSA) is 90.6 Å². The summed E-state index contributed by atoms with van der Waals surface area (Å²) in [6, 6.07) is 8.57. The highest BCUT2D eigenvalue weighted by Gasteiger charge is 2.51. The van der Waals surface area contributed by atoms with Crippen LogP contribution in [0.5, 0.6) is 0 Å². The number of nitrogens with two attached hydrogens (primary N) is 1. The molecule has 0 spiro atoms. The average molecular weight is 430 g/mol. The zero-order valence-electron chi connectivity index (χ0n) is 17.9. The van der Waals surface area contributed by atoms with E-state index in [4.69, 9.17) is 15.0 Å². The van der Waals surface area contributed by atoms with Crippen LogP contribution in [0, 0.1) is 11.6 Å². The molecule has 1 fully saturated rings. The minimum atomic E-state index is -1.05. The fourth-order valence-corrected chi connectivity index (χ4v) is 3.17. The number of nitrogens with one attached hydrogen (secondary N) is 1. The Balaban J connectivity index is 1.69. The molecule has 164 valence electrons. The number of halogens is 2. The van der Waals surface area contributed by atoms with Crippen molar-refractivity contribution in [2.24, 2.45) is 5.73 Å². The van der Waals surface area contributed by atoms with Crippen LogP contribution in [-0.2, 0) is 20.5 Å². The van der Waals surface area contributed by atoms with Gasteiger partial charge in [0.1, 0.15) is 17.7 Å². The van der Waals surface area contributed by atoms with Crippen LogP contribution in [0.15, 0.2) is 42.5 Å². The number of carbonyl (C=O) groups excluding carboxylic acids is 2. The minimum Gasteiger partial charge on any atom is -0.399 e. The van der Waals surface area contributed by atoms with E-state index in [0.29, 0.717) is 6.07 Å². The number of amides is 2. The number of hydrogen-bond donors (Lipinski definition) is 2. The Labute approximate surface area is 180 Å². The van der Waals surface area contributed by atoms with Crippen LogP contribution in [0.25, 0.3) is 0 Å². The van der Waals surface area contributed by atoms with E-state index in [1.54, 1.807) is 12.1 Å². The van der Waals surface area contributed by atoms with Gasteiger partial charge in [0.25, 0.3) is 5.91 Å². The summed E-state index contributed by atoms with van der Waals surface area (Å²) in [6.45, 7) is 7.86. The molecule has 31 heavy (non-hydrogen) atoms. The second kappa shape index (κ2) is 8.40. The van der Waals surface area contributed by atoms with E-state index in [0.717, 1.165) is 23.2 Å². The third-order valence-electron chi connectivity index (χ3n) is 5.72. The summed E-state index contributed by atoms with van der Waals surface area (Å²) in [5, 5.41) is 2.43. The molecule has 0 aliphatic carbocycles. The van der Waals surface area contributed by atoms with E-state index in [1.165, 1.54) is 0 Å². The normalized spacial score (nSPS) is 17.9. The molecule has 1 saturated heterocycles. The van der Waals surface area contributed by atoms with Crippen molar-refractivity contribution in [2.75, 3.05) is 0 Å². The third kappa shape index (κ3) is 5.11. The Bertz CT molecular complexity index is 959. The van der Waals surface area contributed by atoms with Gasteiger partial charge in [0.05, 0.1) is 11.2 Å². The van der Waals surface area contributed by atoms with E-state index in [9.17, 15) is 18.4 Å². The largest absolute Gasteiger partial charge is 0.494 e. The van der Waals surface area contributed by atoms with Gasteiger partial charge in [-0.2, -0.15) is 0 Å². The fraction of sp³-hybridized carbons (Fsp3) is 0.364. The van der Waals surface area contributed by atoms with Gasteiger partial charge in [0.15, 0.2) is 0 Å². The third-order valence-corrected chi connectivity index (χ3v) is 5.72. The van der Waals surface area contributed by atoms with Crippen molar-refractivity contribution in [1.29, 1.82) is 0 Å². The second-order valence-corrected chi connectivity index (χ2v) is 8.62. The molecule has 0 radical (unpaired) electrons. The summed E-state index contributed by atoms with van der Waals surface area (Å²) >= 11 is 0. The van der Waals surface area contributed by atoms with E-state index >= 15 is 0 Å². The lowest BCUT2D eigenvalue weighted by Crippen LogP contribution is -2.46. The van der Waals surface area contributed by atoms with E-state index in [-0.39, 0.29) is 12.0 Å². The fourth-order valence-electron chi connectivity index (χ4n) is 3.17. The number of rotatable bonds is 6. The molecule has 3 rings (SSSR count). The lowest BCUT2D eigenvalue weighted by molar-refractivity contribution is -0.119. The maximum Gasteiger partial charge on any atom is 0.494 e. The van der Waals surface area contributed by atoms with Crippen LogP contribution in [0.2, 0.25) is 0 Å². The van der Waals surface area contributed by atoms with Crippen molar-refractivity contribution in [3.8, 4) is 0 Å². The van der Waals surface area contributed by atoms with Crippen molar-refractivity contribution in [2.45, 2.75) is 51.4 Å². The van der Waals surface area contributed by atoms with Gasteiger partial charge in [0.2, 0.25) is 5.91 Å². The monoisotopic (exact) mass is 430 g/mol. The van der Waals surface area contributed by atoms with Gasteiger partial charge in [-0.05, 0) is 50.9 Å². The molecule has 0 aromatic heterocycles. The van der Waals surface area contributed by atoms with E-state index in [1.807, 2.05) is 39.8 Å². The number of primary amides is 1. The van der Waals surface area contributed by atoms with Crippen molar-refractivity contribution < 1.29 is 27.7 Å². The number of hydrogen-bond acceptors (Lipinski definition) is 4. The Kier molecular flexibility index (Phi) is 6.20. The molecule has 6 nitrogen and oxygen atoms in total. The molecule has 1 heterocycles. The van der Waals surface area contributed by atoms with Crippen LogP contribution < -0.4 is 16.5 Å². The van der Waals surface area contributed by atoms with Crippen LogP contribution in [0.4, 0.5) is 8.78 Å². The predicted octanol–water partition coefficient (Wildman–Crippen LogP) is 2.09. The summed E-state index contributed by atoms with van der Waals surface area (Å²) in [4.78, 5) is 24.2. The van der Waals surface area contributed by atoms with Gasteiger partial charge in [-0.3, -0.25) is 9.59 Å². The molecule has 2 aromatic rings. The van der Waals surface area contributed by atoms with Crippen LogP contribution in [-0.4, -0.2) is 36.2 Å². The van der Waals surface area contributed by atoms with Gasteiger partial charge < -0.3 is 20.4 Å². The molecule has 2 amide bonds. The molecular formula is C22H25BF2N2O4. The van der Waals surface area contributed by atoms with Gasteiger partial charge in [-0.15, -0.1) is 0 Å². The molecule has 1 atom stereocenters. The van der Waals surface area contributed by atoms with Crippen LogP contribution in [0.1, 0.15) is 43.6 Å².